The number of aryl methyl sites for hydroxylation is 2. The second-order valence-corrected chi connectivity index (χ2v) is 8.54. The number of likely N-dealkylation sites (tertiary alicyclic amines) is 1. The van der Waals surface area contributed by atoms with Crippen molar-refractivity contribution in [3.8, 4) is 5.75 Å². The summed E-state index contributed by atoms with van der Waals surface area (Å²) in [7, 11) is 1.62. The molecule has 2 amide bonds. The highest BCUT2D eigenvalue weighted by atomic mass is 16.5. The van der Waals surface area contributed by atoms with E-state index < -0.39 is 0 Å². The Hall–Kier alpha value is -3.75. The third kappa shape index (κ3) is 3.73. The van der Waals surface area contributed by atoms with Gasteiger partial charge in [-0.2, -0.15) is 5.10 Å². The zero-order valence-electron chi connectivity index (χ0n) is 19.0. The Balaban J connectivity index is 1.47. The van der Waals surface area contributed by atoms with Gasteiger partial charge in [0, 0.05) is 23.5 Å². The lowest BCUT2D eigenvalue weighted by atomic mass is 10.1. The monoisotopic (exact) mass is 446 g/mol. The van der Waals surface area contributed by atoms with Crippen molar-refractivity contribution in [1.82, 2.24) is 25.1 Å². The highest BCUT2D eigenvalue weighted by Crippen LogP contribution is 2.36. The predicted molar refractivity (Wildman–Crippen MR) is 121 cm³/mol. The number of amides is 2. The first kappa shape index (κ1) is 21.1. The minimum atomic E-state index is -0.231. The van der Waals surface area contributed by atoms with E-state index in [-0.39, 0.29) is 24.3 Å². The molecule has 5 rings (SSSR count). The van der Waals surface area contributed by atoms with Crippen molar-refractivity contribution in [2.75, 3.05) is 18.6 Å². The van der Waals surface area contributed by atoms with Gasteiger partial charge in [0.15, 0.2) is 5.82 Å². The van der Waals surface area contributed by atoms with Crippen LogP contribution in [0.3, 0.4) is 0 Å². The van der Waals surface area contributed by atoms with E-state index in [2.05, 4.69) is 10.2 Å². The molecule has 2 aliphatic rings. The molecule has 2 aromatic heterocycles. The van der Waals surface area contributed by atoms with Gasteiger partial charge >= 0.3 is 0 Å². The van der Waals surface area contributed by atoms with Crippen LogP contribution >= 0.6 is 0 Å². The highest BCUT2D eigenvalue weighted by Gasteiger charge is 2.37. The van der Waals surface area contributed by atoms with Crippen LogP contribution in [0.4, 0.5) is 5.82 Å². The van der Waals surface area contributed by atoms with E-state index in [1.54, 1.807) is 18.2 Å². The maximum absolute atomic E-state index is 13.2. The molecule has 0 radical (unpaired) electrons. The number of aromatic nitrogens is 4. The molecule has 1 fully saturated rings. The molecule has 0 saturated carbocycles. The molecule has 2 aliphatic heterocycles. The molecule has 0 aliphatic carbocycles. The quantitative estimate of drug-likeness (QED) is 0.646. The summed E-state index contributed by atoms with van der Waals surface area (Å²) in [5.74, 6) is 1.90. The van der Waals surface area contributed by atoms with Crippen LogP contribution in [0, 0.1) is 13.8 Å². The topological polar surface area (TPSA) is 104 Å². The summed E-state index contributed by atoms with van der Waals surface area (Å²) in [5, 5.41) is 6.82. The van der Waals surface area contributed by atoms with Crippen molar-refractivity contribution in [3.63, 3.8) is 0 Å². The minimum Gasteiger partial charge on any atom is -0.497 e. The zero-order valence-corrected chi connectivity index (χ0v) is 19.0. The molecular weight excluding hydrogens is 420 g/mol. The highest BCUT2D eigenvalue weighted by molar-refractivity contribution is 6.00. The average molecular weight is 447 g/mol. The second-order valence-electron chi connectivity index (χ2n) is 8.54. The summed E-state index contributed by atoms with van der Waals surface area (Å²) in [6.07, 6.45) is 3.51. The van der Waals surface area contributed by atoms with E-state index in [9.17, 15) is 9.59 Å². The van der Waals surface area contributed by atoms with Crippen LogP contribution in [-0.4, -0.2) is 50.5 Å². The number of carbonyl (C=O) groups excluding carboxylic acids is 2. The van der Waals surface area contributed by atoms with Gasteiger partial charge in [-0.25, -0.2) is 9.97 Å². The van der Waals surface area contributed by atoms with Crippen LogP contribution in [0.25, 0.3) is 0 Å². The first-order valence-electron chi connectivity index (χ1n) is 11.1. The Morgan fingerprint density at radius 2 is 2.12 bits per heavy atom. The number of hydrogen-bond acceptors (Lipinski definition) is 6. The molecule has 1 atom stereocenters. The molecule has 1 aromatic carbocycles. The summed E-state index contributed by atoms with van der Waals surface area (Å²) < 4.78 is 5.32. The largest absolute Gasteiger partial charge is 0.497 e. The Morgan fingerprint density at radius 3 is 2.88 bits per heavy atom. The van der Waals surface area contributed by atoms with Gasteiger partial charge < -0.3 is 9.64 Å². The van der Waals surface area contributed by atoms with Gasteiger partial charge in [0.05, 0.1) is 37.9 Å². The Kier molecular flexibility index (Phi) is 5.32. The Labute approximate surface area is 191 Å². The molecule has 4 heterocycles. The molecule has 0 bridgehead atoms. The zero-order chi connectivity index (χ0) is 23.1. The lowest BCUT2D eigenvalue weighted by Gasteiger charge is -2.25. The average Bonchev–Trinajstić information content (AvgIpc) is 3.54. The number of rotatable bonds is 5. The number of methoxy groups -OCH3 is 1. The van der Waals surface area contributed by atoms with Crippen LogP contribution in [-0.2, 0) is 17.8 Å². The number of aromatic amines is 1. The maximum atomic E-state index is 13.2. The van der Waals surface area contributed by atoms with Crippen LogP contribution in [0.1, 0.15) is 57.6 Å². The molecule has 33 heavy (non-hydrogen) atoms. The number of ether oxygens (including phenoxy) is 1. The van der Waals surface area contributed by atoms with Crippen molar-refractivity contribution in [1.29, 1.82) is 0 Å². The standard InChI is InChI=1S/C24H26N6O3/c1-14-18-11-21(31)30(13-16-6-4-7-17(10-16)33-3)23(18)27-22(26-14)20-8-5-9-29(20)24(32)19-12-25-28-15(19)2/h4,6-7,10,12,20H,5,8-9,11,13H2,1-3H3,(H,25,28). The first-order chi connectivity index (χ1) is 16.0. The third-order valence-electron chi connectivity index (χ3n) is 6.44. The molecule has 3 aromatic rings. The number of hydrogen-bond donors (Lipinski definition) is 1. The normalized spacial score (nSPS) is 17.5. The number of carbonyl (C=O) groups is 2. The van der Waals surface area contributed by atoms with Crippen LogP contribution in [0.2, 0.25) is 0 Å². The van der Waals surface area contributed by atoms with Crippen molar-refractivity contribution >= 4 is 17.6 Å². The van der Waals surface area contributed by atoms with E-state index in [0.717, 1.165) is 41.1 Å². The van der Waals surface area contributed by atoms with Crippen LogP contribution < -0.4 is 9.64 Å². The molecule has 170 valence electrons. The molecular formula is C24H26N6O3. The third-order valence-corrected chi connectivity index (χ3v) is 6.44. The van der Waals surface area contributed by atoms with E-state index in [1.165, 1.54) is 0 Å². The molecule has 1 unspecified atom stereocenters. The second kappa shape index (κ2) is 8.31. The van der Waals surface area contributed by atoms with Crippen molar-refractivity contribution in [2.45, 2.75) is 45.7 Å². The number of nitrogens with zero attached hydrogens (tertiary/aromatic N) is 5. The summed E-state index contributed by atoms with van der Waals surface area (Å²) in [4.78, 5) is 39.2. The number of fused-ring (bicyclic) bond motifs is 1. The maximum Gasteiger partial charge on any atom is 0.257 e. The minimum absolute atomic E-state index is 0.00394. The van der Waals surface area contributed by atoms with E-state index >= 15 is 0 Å². The van der Waals surface area contributed by atoms with E-state index in [4.69, 9.17) is 14.7 Å². The molecule has 0 spiro atoms. The van der Waals surface area contributed by atoms with E-state index in [1.807, 2.05) is 43.0 Å². The van der Waals surface area contributed by atoms with Crippen molar-refractivity contribution in [2.24, 2.45) is 0 Å². The summed E-state index contributed by atoms with van der Waals surface area (Å²) >= 11 is 0. The number of anilines is 1. The lowest BCUT2D eigenvalue weighted by molar-refractivity contribution is -0.117. The fourth-order valence-electron chi connectivity index (χ4n) is 4.66. The smallest absolute Gasteiger partial charge is 0.257 e. The van der Waals surface area contributed by atoms with Gasteiger partial charge in [-0.1, -0.05) is 12.1 Å². The SMILES string of the molecule is COc1cccc(CN2C(=O)Cc3c(C)nc(C4CCCN4C(=O)c4cn[nH]c4C)nc32)c1. The Bertz CT molecular complexity index is 1240. The number of benzene rings is 1. The number of nitrogens with one attached hydrogen (secondary N) is 1. The van der Waals surface area contributed by atoms with Gasteiger partial charge in [0.2, 0.25) is 5.91 Å². The molecule has 1 saturated heterocycles. The van der Waals surface area contributed by atoms with Gasteiger partial charge in [-0.3, -0.25) is 19.6 Å². The summed E-state index contributed by atoms with van der Waals surface area (Å²) in [6, 6.07) is 7.44. The van der Waals surface area contributed by atoms with Gasteiger partial charge in [0.1, 0.15) is 11.6 Å². The number of H-pyrrole nitrogens is 1. The summed E-state index contributed by atoms with van der Waals surface area (Å²) in [6.45, 7) is 4.79. The van der Waals surface area contributed by atoms with Crippen molar-refractivity contribution < 1.29 is 14.3 Å². The van der Waals surface area contributed by atoms with E-state index in [0.29, 0.717) is 30.3 Å². The fourth-order valence-corrected chi connectivity index (χ4v) is 4.66. The molecule has 1 N–H and O–H groups in total. The van der Waals surface area contributed by atoms with Gasteiger partial charge in [-0.15, -0.1) is 0 Å². The van der Waals surface area contributed by atoms with Gasteiger partial charge in [0.25, 0.3) is 5.91 Å². The lowest BCUT2D eigenvalue weighted by Crippen LogP contribution is -2.32. The van der Waals surface area contributed by atoms with Crippen LogP contribution in [0.15, 0.2) is 30.5 Å². The van der Waals surface area contributed by atoms with Gasteiger partial charge in [-0.05, 0) is 44.4 Å². The molecule has 9 nitrogen and oxygen atoms in total. The fraction of sp³-hybridized carbons (Fsp3) is 0.375. The molecule has 9 heteroatoms. The summed E-state index contributed by atoms with van der Waals surface area (Å²) in [5.41, 5.74) is 3.91. The van der Waals surface area contributed by atoms with Crippen LogP contribution in [0.5, 0.6) is 5.75 Å². The predicted octanol–water partition coefficient (Wildman–Crippen LogP) is 2.89. The Morgan fingerprint density at radius 1 is 1.27 bits per heavy atom. The van der Waals surface area contributed by atoms with Crippen molar-refractivity contribution in [3.05, 3.63) is 64.4 Å². The first-order valence-corrected chi connectivity index (χ1v) is 11.1.